The van der Waals surface area contributed by atoms with E-state index in [2.05, 4.69) is 29.5 Å². The van der Waals surface area contributed by atoms with Crippen molar-refractivity contribution in [2.24, 2.45) is 10.9 Å². The van der Waals surface area contributed by atoms with E-state index >= 15 is 0 Å². The van der Waals surface area contributed by atoms with E-state index in [9.17, 15) is 4.79 Å². The van der Waals surface area contributed by atoms with Gasteiger partial charge in [0.2, 0.25) is 0 Å². The molecule has 106 valence electrons. The molecule has 0 rings (SSSR count). The number of nitrogens with one attached hydrogen (secondary N) is 2. The number of nitrogens with zero attached hydrogens (tertiary/aromatic N) is 1. The maximum Gasteiger partial charge on any atom is 0.325 e. The molecule has 0 aromatic heterocycles. The summed E-state index contributed by atoms with van der Waals surface area (Å²) >= 11 is 0. The number of carbonyl (C=O) groups excluding carboxylic acids is 1. The maximum atomic E-state index is 11.5. The highest BCUT2D eigenvalue weighted by Crippen LogP contribution is 2.06. The zero-order valence-electron chi connectivity index (χ0n) is 12.5. The van der Waals surface area contributed by atoms with E-state index < -0.39 is 5.60 Å². The summed E-state index contributed by atoms with van der Waals surface area (Å²) in [6, 6.07) is 0. The van der Waals surface area contributed by atoms with Gasteiger partial charge in [-0.2, -0.15) is 0 Å². The topological polar surface area (TPSA) is 62.7 Å². The molecular formula is C13H27N3O2. The fraction of sp³-hybridized carbons (Fsp3) is 0.846. The molecule has 5 nitrogen and oxygen atoms in total. The first-order chi connectivity index (χ1) is 8.24. The van der Waals surface area contributed by atoms with Gasteiger partial charge >= 0.3 is 5.97 Å². The summed E-state index contributed by atoms with van der Waals surface area (Å²) in [7, 11) is 1.68. The molecule has 0 heterocycles. The standard InChI is InChI=1S/C13H27N3O2/c1-10(2)7-8-15-12(14-6)16-9-11(17)18-13(3,4)5/h10H,7-9H2,1-6H3,(H2,14,15,16). The Bertz CT molecular complexity index is 280. The summed E-state index contributed by atoms with van der Waals surface area (Å²) in [6.45, 7) is 10.8. The van der Waals surface area contributed by atoms with Gasteiger partial charge in [0.25, 0.3) is 0 Å². The van der Waals surface area contributed by atoms with Crippen LogP contribution in [0.25, 0.3) is 0 Å². The average Bonchev–Trinajstić information content (AvgIpc) is 2.20. The Hall–Kier alpha value is -1.26. The van der Waals surface area contributed by atoms with E-state index in [1.807, 2.05) is 20.8 Å². The molecule has 0 saturated carbocycles. The Balaban J connectivity index is 3.91. The minimum Gasteiger partial charge on any atom is -0.459 e. The summed E-state index contributed by atoms with van der Waals surface area (Å²) in [5.41, 5.74) is -0.451. The van der Waals surface area contributed by atoms with Crippen molar-refractivity contribution in [2.75, 3.05) is 20.1 Å². The van der Waals surface area contributed by atoms with Gasteiger partial charge in [0, 0.05) is 13.6 Å². The van der Waals surface area contributed by atoms with Crippen molar-refractivity contribution in [2.45, 2.75) is 46.6 Å². The molecule has 18 heavy (non-hydrogen) atoms. The van der Waals surface area contributed by atoms with Crippen LogP contribution in [0.4, 0.5) is 0 Å². The molecule has 0 amide bonds. The highest BCUT2D eigenvalue weighted by Gasteiger charge is 2.16. The van der Waals surface area contributed by atoms with Gasteiger partial charge in [-0.25, -0.2) is 0 Å². The molecule has 0 aromatic rings. The summed E-state index contributed by atoms with van der Waals surface area (Å²) < 4.78 is 5.19. The molecule has 0 fully saturated rings. The normalized spacial score (nSPS) is 12.5. The number of esters is 1. The lowest BCUT2D eigenvalue weighted by Gasteiger charge is -2.20. The lowest BCUT2D eigenvalue weighted by atomic mass is 10.1. The van der Waals surface area contributed by atoms with E-state index in [1.54, 1.807) is 7.05 Å². The first-order valence-corrected chi connectivity index (χ1v) is 6.41. The van der Waals surface area contributed by atoms with Crippen molar-refractivity contribution in [1.82, 2.24) is 10.6 Å². The molecule has 5 heteroatoms. The third-order valence-corrected chi connectivity index (χ3v) is 2.06. The van der Waals surface area contributed by atoms with Crippen LogP contribution in [-0.4, -0.2) is 37.7 Å². The molecule has 0 aliphatic rings. The summed E-state index contributed by atoms with van der Waals surface area (Å²) in [5.74, 6) is 0.984. The molecule has 0 spiro atoms. The first kappa shape index (κ1) is 16.7. The third-order valence-electron chi connectivity index (χ3n) is 2.06. The van der Waals surface area contributed by atoms with Gasteiger partial charge in [-0.15, -0.1) is 0 Å². The van der Waals surface area contributed by atoms with Crippen LogP contribution in [0.2, 0.25) is 0 Å². The van der Waals surface area contributed by atoms with E-state index in [0.717, 1.165) is 13.0 Å². The predicted molar refractivity (Wildman–Crippen MR) is 74.7 cm³/mol. The zero-order valence-corrected chi connectivity index (χ0v) is 12.5. The molecular weight excluding hydrogens is 230 g/mol. The molecule has 0 bridgehead atoms. The minimum absolute atomic E-state index is 0.124. The Morgan fingerprint density at radius 3 is 2.33 bits per heavy atom. The van der Waals surface area contributed by atoms with E-state index in [0.29, 0.717) is 11.9 Å². The van der Waals surface area contributed by atoms with Crippen molar-refractivity contribution in [3.63, 3.8) is 0 Å². The molecule has 2 N–H and O–H groups in total. The van der Waals surface area contributed by atoms with E-state index in [-0.39, 0.29) is 12.5 Å². The Morgan fingerprint density at radius 1 is 1.28 bits per heavy atom. The van der Waals surface area contributed by atoms with Crippen LogP contribution < -0.4 is 10.6 Å². The number of rotatable bonds is 5. The van der Waals surface area contributed by atoms with E-state index in [1.165, 1.54) is 0 Å². The SMILES string of the molecule is CN=C(NCCC(C)C)NCC(=O)OC(C)(C)C. The lowest BCUT2D eigenvalue weighted by Crippen LogP contribution is -2.42. The van der Waals surface area contributed by atoms with Gasteiger partial charge in [0.15, 0.2) is 5.96 Å². The maximum absolute atomic E-state index is 11.5. The highest BCUT2D eigenvalue weighted by molar-refractivity contribution is 5.84. The Kier molecular flexibility index (Phi) is 7.39. The molecule has 0 atom stereocenters. The second-order valence-corrected chi connectivity index (χ2v) is 5.62. The van der Waals surface area contributed by atoms with Crippen molar-refractivity contribution in [3.8, 4) is 0 Å². The van der Waals surface area contributed by atoms with Crippen LogP contribution in [0.3, 0.4) is 0 Å². The first-order valence-electron chi connectivity index (χ1n) is 6.41. The monoisotopic (exact) mass is 257 g/mol. The lowest BCUT2D eigenvalue weighted by molar-refractivity contribution is -0.153. The van der Waals surface area contributed by atoms with Crippen LogP contribution in [0.5, 0.6) is 0 Å². The van der Waals surface area contributed by atoms with E-state index in [4.69, 9.17) is 4.74 Å². The summed E-state index contributed by atoms with van der Waals surface area (Å²) in [6.07, 6.45) is 1.06. The van der Waals surface area contributed by atoms with Crippen LogP contribution in [-0.2, 0) is 9.53 Å². The molecule has 0 aliphatic carbocycles. The van der Waals surface area contributed by atoms with Gasteiger partial charge in [-0.05, 0) is 33.1 Å². The second kappa shape index (κ2) is 7.95. The van der Waals surface area contributed by atoms with Crippen molar-refractivity contribution in [1.29, 1.82) is 0 Å². The quantitative estimate of drug-likeness (QED) is 0.445. The second-order valence-electron chi connectivity index (χ2n) is 5.62. The number of ether oxygens (including phenoxy) is 1. The van der Waals surface area contributed by atoms with Gasteiger partial charge in [0.1, 0.15) is 12.1 Å². The summed E-state index contributed by atoms with van der Waals surface area (Å²) in [4.78, 5) is 15.5. The van der Waals surface area contributed by atoms with Gasteiger partial charge in [-0.1, -0.05) is 13.8 Å². The van der Waals surface area contributed by atoms with Crippen LogP contribution in [0.15, 0.2) is 4.99 Å². The Labute approximate surface area is 110 Å². The summed E-state index contributed by atoms with van der Waals surface area (Å²) in [5, 5.41) is 6.08. The van der Waals surface area contributed by atoms with Gasteiger partial charge in [-0.3, -0.25) is 9.79 Å². The molecule has 0 unspecified atom stereocenters. The van der Waals surface area contributed by atoms with Gasteiger partial charge in [0.05, 0.1) is 0 Å². The number of carbonyl (C=O) groups is 1. The smallest absolute Gasteiger partial charge is 0.325 e. The largest absolute Gasteiger partial charge is 0.459 e. The molecule has 0 aliphatic heterocycles. The number of hydrogen-bond acceptors (Lipinski definition) is 3. The molecule has 0 saturated heterocycles. The van der Waals surface area contributed by atoms with Gasteiger partial charge < -0.3 is 15.4 Å². The van der Waals surface area contributed by atoms with Crippen LogP contribution in [0, 0.1) is 5.92 Å². The van der Waals surface area contributed by atoms with Crippen LogP contribution >= 0.6 is 0 Å². The number of guanidine groups is 1. The third kappa shape index (κ3) is 9.93. The number of hydrogen-bond donors (Lipinski definition) is 2. The highest BCUT2D eigenvalue weighted by atomic mass is 16.6. The van der Waals surface area contributed by atoms with Crippen molar-refractivity contribution in [3.05, 3.63) is 0 Å². The molecule has 0 aromatic carbocycles. The zero-order chi connectivity index (χ0) is 14.2. The Morgan fingerprint density at radius 2 is 1.89 bits per heavy atom. The predicted octanol–water partition coefficient (Wildman–Crippen LogP) is 1.54. The molecule has 0 radical (unpaired) electrons. The number of aliphatic imine (C=N–C) groups is 1. The van der Waals surface area contributed by atoms with Crippen molar-refractivity contribution < 1.29 is 9.53 Å². The minimum atomic E-state index is -0.451. The average molecular weight is 257 g/mol. The fourth-order valence-electron chi connectivity index (χ4n) is 1.23. The van der Waals surface area contributed by atoms with Crippen molar-refractivity contribution >= 4 is 11.9 Å². The van der Waals surface area contributed by atoms with Crippen LogP contribution in [0.1, 0.15) is 41.0 Å². The fourth-order valence-corrected chi connectivity index (χ4v) is 1.23.